The van der Waals surface area contributed by atoms with Crippen molar-refractivity contribution in [1.82, 2.24) is 0 Å². The summed E-state index contributed by atoms with van der Waals surface area (Å²) in [6, 6.07) is 3.25. The second-order valence-corrected chi connectivity index (χ2v) is 14.6. The lowest BCUT2D eigenvalue weighted by Gasteiger charge is -2.34. The Balaban J connectivity index is 2.57. The van der Waals surface area contributed by atoms with E-state index in [1.807, 2.05) is 26.8 Å². The van der Waals surface area contributed by atoms with Crippen LogP contribution in [0.3, 0.4) is 0 Å². The summed E-state index contributed by atoms with van der Waals surface area (Å²) in [6.07, 6.45) is 1.19. The van der Waals surface area contributed by atoms with Crippen LogP contribution in [0.1, 0.15) is 80.4 Å². The fourth-order valence-corrected chi connectivity index (χ4v) is 6.10. The zero-order chi connectivity index (χ0) is 38.8. The number of hydrogen-bond acceptors (Lipinski definition) is 12. The topological polar surface area (TPSA) is 138 Å². The number of nitrogens with zero attached hydrogens (tertiary/aromatic N) is 1. The van der Waals surface area contributed by atoms with Gasteiger partial charge in [-0.05, 0) is 78.5 Å². The first-order valence-corrected chi connectivity index (χ1v) is 17.0. The van der Waals surface area contributed by atoms with Crippen LogP contribution in [0, 0.1) is 11.8 Å². The molecule has 0 saturated carbocycles. The van der Waals surface area contributed by atoms with Crippen molar-refractivity contribution in [3.63, 3.8) is 0 Å². The van der Waals surface area contributed by atoms with Crippen LogP contribution in [0.4, 0.5) is 15.3 Å². The first kappa shape index (κ1) is 43.5. The van der Waals surface area contributed by atoms with Gasteiger partial charge in [0.05, 0.1) is 32.5 Å². The molecule has 1 aromatic rings. The highest BCUT2D eigenvalue weighted by atomic mass is 16.6. The van der Waals surface area contributed by atoms with Gasteiger partial charge in [-0.25, -0.2) is 14.4 Å². The van der Waals surface area contributed by atoms with E-state index in [4.69, 9.17) is 42.6 Å². The molecule has 2 rings (SSSR count). The van der Waals surface area contributed by atoms with Crippen LogP contribution < -0.4 is 14.4 Å². The SMILES string of the molecule is COc1cc([C@H](OC)[C@@H](C)C[C@H](OC)[C@H](OC)[C@@H](C)/C=C(\C)[C@@H]2OC(=O)C=C[C@@H]2OC)c(OC)c(N(C(=O)OC(C)(C)C)C(=O)OC(C)(C)C)c1. The molecule has 0 bridgehead atoms. The molecule has 0 fully saturated rings. The second-order valence-electron chi connectivity index (χ2n) is 14.6. The maximum Gasteiger partial charge on any atom is 0.424 e. The molecule has 2 amide bonds. The maximum atomic E-state index is 13.6. The van der Waals surface area contributed by atoms with E-state index in [1.165, 1.54) is 26.4 Å². The zero-order valence-corrected chi connectivity index (χ0v) is 33.0. The Kier molecular flexibility index (Phi) is 16.0. The molecule has 1 aliphatic rings. The number of rotatable bonds is 15. The minimum absolute atomic E-state index is 0.0597. The molecular weight excluding hydrogens is 662 g/mol. The highest BCUT2D eigenvalue weighted by molar-refractivity contribution is 6.11. The summed E-state index contributed by atoms with van der Waals surface area (Å²) in [7, 11) is 9.29. The minimum atomic E-state index is -0.952. The summed E-state index contributed by atoms with van der Waals surface area (Å²) in [5.41, 5.74) is -0.442. The van der Waals surface area contributed by atoms with Crippen LogP contribution in [0.25, 0.3) is 0 Å². The molecule has 0 N–H and O–H groups in total. The van der Waals surface area contributed by atoms with Crippen LogP contribution in [0.15, 0.2) is 35.9 Å². The Hall–Kier alpha value is -3.65. The predicted molar refractivity (Wildman–Crippen MR) is 192 cm³/mol. The van der Waals surface area contributed by atoms with Gasteiger partial charge in [0.15, 0.2) is 6.10 Å². The summed E-state index contributed by atoms with van der Waals surface area (Å²) in [5, 5.41) is 0. The molecule has 0 unspecified atom stereocenters. The van der Waals surface area contributed by atoms with Gasteiger partial charge in [0.25, 0.3) is 0 Å². The van der Waals surface area contributed by atoms with Gasteiger partial charge >= 0.3 is 18.2 Å². The molecule has 13 heteroatoms. The fourth-order valence-electron chi connectivity index (χ4n) is 6.10. The first-order valence-electron chi connectivity index (χ1n) is 17.0. The zero-order valence-electron chi connectivity index (χ0n) is 33.0. The van der Waals surface area contributed by atoms with Gasteiger partial charge in [0.1, 0.15) is 34.5 Å². The third-order valence-corrected chi connectivity index (χ3v) is 8.26. The maximum absolute atomic E-state index is 13.6. The van der Waals surface area contributed by atoms with Crippen molar-refractivity contribution in [3.05, 3.63) is 41.5 Å². The molecule has 51 heavy (non-hydrogen) atoms. The molecule has 0 radical (unpaired) electrons. The van der Waals surface area contributed by atoms with Crippen LogP contribution in [0.2, 0.25) is 0 Å². The molecular formula is C38H59NO12. The fraction of sp³-hybridized carbons (Fsp3) is 0.658. The lowest BCUT2D eigenvalue weighted by atomic mass is 9.86. The number of carbonyl (C=O) groups excluding carboxylic acids is 3. The summed E-state index contributed by atoms with van der Waals surface area (Å²) in [4.78, 5) is 40.1. The Morgan fingerprint density at radius 3 is 1.92 bits per heavy atom. The van der Waals surface area contributed by atoms with Gasteiger partial charge < -0.3 is 42.6 Å². The van der Waals surface area contributed by atoms with E-state index in [0.29, 0.717) is 17.7 Å². The number of anilines is 1. The average Bonchev–Trinajstić information content (AvgIpc) is 3.03. The molecule has 1 heterocycles. The van der Waals surface area contributed by atoms with E-state index >= 15 is 0 Å². The van der Waals surface area contributed by atoms with Gasteiger partial charge in [0.2, 0.25) is 0 Å². The number of carbonyl (C=O) groups is 3. The second kappa shape index (κ2) is 18.7. The van der Waals surface area contributed by atoms with E-state index in [9.17, 15) is 14.4 Å². The Morgan fingerprint density at radius 2 is 1.47 bits per heavy atom. The monoisotopic (exact) mass is 721 g/mol. The van der Waals surface area contributed by atoms with E-state index < -0.39 is 59.9 Å². The molecule has 1 aromatic carbocycles. The quantitative estimate of drug-likeness (QED) is 0.103. The highest BCUT2D eigenvalue weighted by Crippen LogP contribution is 2.44. The molecule has 0 saturated heterocycles. The summed E-state index contributed by atoms with van der Waals surface area (Å²) in [5.74, 6) is -0.291. The van der Waals surface area contributed by atoms with Crippen LogP contribution in [0.5, 0.6) is 11.5 Å². The summed E-state index contributed by atoms with van der Waals surface area (Å²) >= 11 is 0. The van der Waals surface area contributed by atoms with Crippen molar-refractivity contribution < 1.29 is 57.0 Å². The number of amides is 2. The van der Waals surface area contributed by atoms with Crippen molar-refractivity contribution in [2.45, 2.75) is 110 Å². The number of ether oxygens (including phenoxy) is 9. The number of imide groups is 1. The molecule has 288 valence electrons. The largest absolute Gasteiger partial charge is 0.497 e. The lowest BCUT2D eigenvalue weighted by molar-refractivity contribution is -0.147. The summed E-state index contributed by atoms with van der Waals surface area (Å²) < 4.78 is 52.0. The average molecular weight is 722 g/mol. The van der Waals surface area contributed by atoms with Crippen molar-refractivity contribution in [2.24, 2.45) is 11.8 Å². The molecule has 1 aliphatic heterocycles. The predicted octanol–water partition coefficient (Wildman–Crippen LogP) is 7.20. The van der Waals surface area contributed by atoms with Crippen molar-refractivity contribution in [2.75, 3.05) is 47.6 Å². The smallest absolute Gasteiger partial charge is 0.424 e. The number of benzene rings is 1. The van der Waals surface area contributed by atoms with Crippen molar-refractivity contribution >= 4 is 23.8 Å². The normalized spacial score (nSPS) is 19.7. The van der Waals surface area contributed by atoms with Crippen molar-refractivity contribution in [1.29, 1.82) is 0 Å². The molecule has 7 atom stereocenters. The van der Waals surface area contributed by atoms with Crippen LogP contribution >= 0.6 is 0 Å². The standard InChI is InChI=1S/C38H59NO12/c1-22(18-23(2)33-28(44-11)16-17-30(40)49-33)32(47-14)29(45-12)19-24(3)31(46-13)26-20-25(43-10)21-27(34(26)48-15)39(35(41)50-37(4,5)6)36(42)51-38(7,8)9/h16-18,20-22,24,28-29,31-33H,19H2,1-15H3/b23-18+/t22-,24-,28-,29-,31+,32+,33-/m0/s1. The minimum Gasteiger partial charge on any atom is -0.497 e. The number of esters is 1. The molecule has 13 nitrogen and oxygen atoms in total. The summed E-state index contributed by atoms with van der Waals surface area (Å²) in [6.45, 7) is 16.1. The van der Waals surface area contributed by atoms with E-state index in [2.05, 4.69) is 0 Å². The number of hydrogen-bond donors (Lipinski definition) is 0. The third-order valence-electron chi connectivity index (χ3n) is 8.26. The Morgan fingerprint density at radius 1 is 0.882 bits per heavy atom. The molecule has 0 spiro atoms. The first-order chi connectivity index (χ1) is 23.7. The van der Waals surface area contributed by atoms with Gasteiger partial charge in [-0.15, -0.1) is 0 Å². The van der Waals surface area contributed by atoms with Gasteiger partial charge in [-0.3, -0.25) is 0 Å². The Labute approximate surface area is 303 Å². The number of methoxy groups -OCH3 is 6. The molecule has 0 aromatic heterocycles. The van der Waals surface area contributed by atoms with Crippen LogP contribution in [-0.4, -0.2) is 96.4 Å². The number of cyclic esters (lactones) is 1. The van der Waals surface area contributed by atoms with E-state index in [1.54, 1.807) is 82.1 Å². The van der Waals surface area contributed by atoms with Gasteiger partial charge in [-0.1, -0.05) is 19.9 Å². The van der Waals surface area contributed by atoms with E-state index in [-0.39, 0.29) is 23.3 Å². The lowest BCUT2D eigenvalue weighted by Crippen LogP contribution is -2.44. The van der Waals surface area contributed by atoms with Crippen molar-refractivity contribution in [3.8, 4) is 11.5 Å². The molecule has 0 aliphatic carbocycles. The Bertz CT molecular complexity index is 1360. The van der Waals surface area contributed by atoms with Gasteiger partial charge in [-0.2, -0.15) is 4.90 Å². The van der Waals surface area contributed by atoms with Gasteiger partial charge in [0, 0.05) is 52.1 Å². The van der Waals surface area contributed by atoms with E-state index in [0.717, 1.165) is 10.5 Å². The highest BCUT2D eigenvalue weighted by Gasteiger charge is 2.38. The van der Waals surface area contributed by atoms with Crippen LogP contribution in [-0.2, 0) is 38.0 Å². The third kappa shape index (κ3) is 11.9.